The number of benzene rings is 3. The van der Waals surface area contributed by atoms with Crippen molar-refractivity contribution in [2.45, 2.75) is 0 Å². The SMILES string of the molecule is O=C(Nc1cc(Cl)ccc1C(=O)Nc1ccccc1)c1ccc(F)cc1. The summed E-state index contributed by atoms with van der Waals surface area (Å²) in [5.74, 6) is -1.30. The second-order valence-corrected chi connectivity index (χ2v) is 5.91. The highest BCUT2D eigenvalue weighted by atomic mass is 35.5. The number of para-hydroxylation sites is 1. The highest BCUT2D eigenvalue weighted by Gasteiger charge is 2.15. The van der Waals surface area contributed by atoms with Gasteiger partial charge in [-0.05, 0) is 54.6 Å². The van der Waals surface area contributed by atoms with Crippen LogP contribution in [-0.4, -0.2) is 11.8 Å². The summed E-state index contributed by atoms with van der Waals surface area (Å²) in [4.78, 5) is 24.9. The molecule has 0 saturated heterocycles. The fraction of sp³-hybridized carbons (Fsp3) is 0. The first-order valence-corrected chi connectivity index (χ1v) is 8.13. The maximum absolute atomic E-state index is 13.0. The van der Waals surface area contributed by atoms with E-state index in [4.69, 9.17) is 11.6 Å². The Labute approximate surface area is 154 Å². The van der Waals surface area contributed by atoms with Crippen molar-refractivity contribution in [3.8, 4) is 0 Å². The summed E-state index contributed by atoms with van der Waals surface area (Å²) in [5.41, 5.74) is 1.41. The monoisotopic (exact) mass is 368 g/mol. The Morgan fingerprint density at radius 2 is 1.50 bits per heavy atom. The Bertz CT molecular complexity index is 944. The number of rotatable bonds is 4. The predicted molar refractivity (Wildman–Crippen MR) is 100 cm³/mol. The molecule has 26 heavy (non-hydrogen) atoms. The summed E-state index contributed by atoms with van der Waals surface area (Å²) in [7, 11) is 0. The number of nitrogens with one attached hydrogen (secondary N) is 2. The van der Waals surface area contributed by atoms with Crippen molar-refractivity contribution in [3.63, 3.8) is 0 Å². The summed E-state index contributed by atoms with van der Waals surface area (Å²) >= 11 is 6.00. The van der Waals surface area contributed by atoms with Crippen molar-refractivity contribution in [2.24, 2.45) is 0 Å². The number of hydrogen-bond donors (Lipinski definition) is 2. The van der Waals surface area contributed by atoms with Gasteiger partial charge in [0.15, 0.2) is 0 Å². The van der Waals surface area contributed by atoms with Crippen LogP contribution in [0, 0.1) is 5.82 Å². The number of carbonyl (C=O) groups is 2. The van der Waals surface area contributed by atoms with E-state index in [1.165, 1.54) is 36.4 Å². The second kappa shape index (κ2) is 7.80. The van der Waals surface area contributed by atoms with Gasteiger partial charge in [-0.3, -0.25) is 9.59 Å². The smallest absolute Gasteiger partial charge is 0.257 e. The Morgan fingerprint density at radius 1 is 0.808 bits per heavy atom. The van der Waals surface area contributed by atoms with Gasteiger partial charge >= 0.3 is 0 Å². The van der Waals surface area contributed by atoms with Gasteiger partial charge in [0.2, 0.25) is 0 Å². The maximum atomic E-state index is 13.0. The van der Waals surface area contributed by atoms with E-state index in [0.29, 0.717) is 10.7 Å². The molecule has 0 aliphatic carbocycles. The van der Waals surface area contributed by atoms with E-state index in [2.05, 4.69) is 10.6 Å². The molecule has 2 amide bonds. The third-order valence-electron chi connectivity index (χ3n) is 3.61. The van der Waals surface area contributed by atoms with E-state index in [-0.39, 0.29) is 22.7 Å². The minimum Gasteiger partial charge on any atom is -0.322 e. The fourth-order valence-electron chi connectivity index (χ4n) is 2.33. The third-order valence-corrected chi connectivity index (χ3v) is 3.85. The van der Waals surface area contributed by atoms with Gasteiger partial charge in [-0.1, -0.05) is 29.8 Å². The number of anilines is 2. The molecule has 0 unspecified atom stereocenters. The van der Waals surface area contributed by atoms with E-state index >= 15 is 0 Å². The standard InChI is InChI=1S/C20H14ClFN2O2/c21-14-8-11-17(20(26)23-16-4-2-1-3-5-16)18(12-14)24-19(25)13-6-9-15(22)10-7-13/h1-12H,(H,23,26)(H,24,25). The van der Waals surface area contributed by atoms with Crippen LogP contribution in [0.3, 0.4) is 0 Å². The lowest BCUT2D eigenvalue weighted by Gasteiger charge is -2.12. The van der Waals surface area contributed by atoms with Crippen LogP contribution in [-0.2, 0) is 0 Å². The molecule has 0 spiro atoms. The number of amides is 2. The lowest BCUT2D eigenvalue weighted by atomic mass is 10.1. The molecule has 0 radical (unpaired) electrons. The van der Waals surface area contributed by atoms with Crippen LogP contribution < -0.4 is 10.6 Å². The van der Waals surface area contributed by atoms with Crippen molar-refractivity contribution in [1.82, 2.24) is 0 Å². The lowest BCUT2D eigenvalue weighted by molar-refractivity contribution is 0.102. The summed E-state index contributed by atoms with van der Waals surface area (Å²) in [6.45, 7) is 0. The first-order chi connectivity index (χ1) is 12.5. The zero-order valence-electron chi connectivity index (χ0n) is 13.5. The van der Waals surface area contributed by atoms with Gasteiger partial charge in [0.25, 0.3) is 11.8 Å². The zero-order chi connectivity index (χ0) is 18.5. The van der Waals surface area contributed by atoms with Crippen LogP contribution in [0.15, 0.2) is 72.8 Å². The molecule has 3 aromatic rings. The number of halogens is 2. The number of carbonyl (C=O) groups excluding carboxylic acids is 2. The molecule has 0 bridgehead atoms. The van der Waals surface area contributed by atoms with Crippen molar-refractivity contribution in [2.75, 3.05) is 10.6 Å². The topological polar surface area (TPSA) is 58.2 Å². The Morgan fingerprint density at radius 3 is 2.19 bits per heavy atom. The molecule has 0 atom stereocenters. The van der Waals surface area contributed by atoms with Gasteiger partial charge in [-0.25, -0.2) is 4.39 Å². The Hall–Kier alpha value is -3.18. The molecule has 0 aliphatic heterocycles. The van der Waals surface area contributed by atoms with Gasteiger partial charge < -0.3 is 10.6 Å². The minimum atomic E-state index is -0.471. The lowest BCUT2D eigenvalue weighted by Crippen LogP contribution is -2.18. The molecular weight excluding hydrogens is 355 g/mol. The molecular formula is C20H14ClFN2O2. The first kappa shape index (κ1) is 17.6. The molecule has 0 aromatic heterocycles. The first-order valence-electron chi connectivity index (χ1n) is 7.76. The van der Waals surface area contributed by atoms with Crippen LogP contribution in [0.25, 0.3) is 0 Å². The van der Waals surface area contributed by atoms with Gasteiger partial charge in [-0.15, -0.1) is 0 Å². The van der Waals surface area contributed by atoms with Crippen molar-refractivity contribution >= 4 is 34.8 Å². The fourth-order valence-corrected chi connectivity index (χ4v) is 2.51. The van der Waals surface area contributed by atoms with Crippen LogP contribution >= 0.6 is 11.6 Å². The summed E-state index contributed by atoms with van der Waals surface area (Å²) in [6, 6.07) is 18.6. The minimum absolute atomic E-state index is 0.258. The molecule has 130 valence electrons. The molecule has 3 rings (SSSR count). The van der Waals surface area contributed by atoms with Gasteiger partial charge in [0, 0.05) is 16.3 Å². The molecule has 0 aliphatic rings. The van der Waals surface area contributed by atoms with Crippen LogP contribution in [0.1, 0.15) is 20.7 Å². The molecule has 0 saturated carbocycles. The van der Waals surface area contributed by atoms with Crippen molar-refractivity contribution < 1.29 is 14.0 Å². The van der Waals surface area contributed by atoms with E-state index in [1.54, 1.807) is 30.3 Å². The van der Waals surface area contributed by atoms with Crippen molar-refractivity contribution in [1.29, 1.82) is 0 Å². The Balaban J connectivity index is 1.84. The quantitative estimate of drug-likeness (QED) is 0.682. The third kappa shape index (κ3) is 4.26. The highest BCUT2D eigenvalue weighted by molar-refractivity contribution is 6.31. The molecule has 0 heterocycles. The summed E-state index contributed by atoms with van der Waals surface area (Å²) < 4.78 is 13.0. The van der Waals surface area contributed by atoms with Crippen LogP contribution in [0.5, 0.6) is 0 Å². The second-order valence-electron chi connectivity index (χ2n) is 5.47. The normalized spacial score (nSPS) is 10.2. The van der Waals surface area contributed by atoms with E-state index in [9.17, 15) is 14.0 Å². The van der Waals surface area contributed by atoms with E-state index in [1.807, 2.05) is 6.07 Å². The summed E-state index contributed by atoms with van der Waals surface area (Å²) in [6.07, 6.45) is 0. The van der Waals surface area contributed by atoms with Gasteiger partial charge in [0.1, 0.15) is 5.82 Å². The van der Waals surface area contributed by atoms with Crippen molar-refractivity contribution in [3.05, 3.63) is 94.8 Å². The van der Waals surface area contributed by atoms with Crippen LogP contribution in [0.4, 0.5) is 15.8 Å². The molecule has 3 aromatic carbocycles. The Kier molecular flexibility index (Phi) is 5.29. The van der Waals surface area contributed by atoms with Gasteiger partial charge in [0.05, 0.1) is 11.3 Å². The molecule has 4 nitrogen and oxygen atoms in total. The summed E-state index contributed by atoms with van der Waals surface area (Å²) in [5, 5.41) is 5.77. The van der Waals surface area contributed by atoms with E-state index in [0.717, 1.165) is 0 Å². The maximum Gasteiger partial charge on any atom is 0.257 e. The average molecular weight is 369 g/mol. The van der Waals surface area contributed by atoms with E-state index < -0.39 is 11.7 Å². The number of hydrogen-bond acceptors (Lipinski definition) is 2. The molecule has 6 heteroatoms. The average Bonchev–Trinajstić information content (AvgIpc) is 2.63. The molecule has 0 fully saturated rings. The molecule has 2 N–H and O–H groups in total. The zero-order valence-corrected chi connectivity index (χ0v) is 14.3. The largest absolute Gasteiger partial charge is 0.322 e. The predicted octanol–water partition coefficient (Wildman–Crippen LogP) is 4.98. The van der Waals surface area contributed by atoms with Gasteiger partial charge in [-0.2, -0.15) is 0 Å². The highest BCUT2D eigenvalue weighted by Crippen LogP contribution is 2.23. The van der Waals surface area contributed by atoms with Crippen LogP contribution in [0.2, 0.25) is 5.02 Å².